The topological polar surface area (TPSA) is 25.2 Å². The van der Waals surface area contributed by atoms with Gasteiger partial charge in [-0.05, 0) is 43.9 Å². The average Bonchev–Trinajstić information content (AvgIpc) is 2.98. The lowest BCUT2D eigenvalue weighted by Crippen LogP contribution is -2.18. The fourth-order valence-electron chi connectivity index (χ4n) is 1.56. The summed E-state index contributed by atoms with van der Waals surface area (Å²) in [6, 6.07) is 2.78. The van der Waals surface area contributed by atoms with Gasteiger partial charge in [0, 0.05) is 12.6 Å². The first-order valence-corrected chi connectivity index (χ1v) is 5.76. The lowest BCUT2D eigenvalue weighted by Gasteiger charge is -2.05. The molecular weight excluding hydrogens is 186 g/mol. The van der Waals surface area contributed by atoms with Gasteiger partial charge in [-0.3, -0.25) is 0 Å². The fourth-order valence-corrected chi connectivity index (χ4v) is 1.56. The molecule has 0 atom stereocenters. The van der Waals surface area contributed by atoms with Crippen LogP contribution in [0.25, 0.3) is 6.08 Å². The standard InChI is InChI=1S/C13H19NO/c1-3-11(9-14-12-4-5-12)8-13-10(2)6-7-15-13/h6-8,12,14H,3-5,9H2,1-2H3/b11-8-. The molecule has 0 aromatic carbocycles. The van der Waals surface area contributed by atoms with Crippen molar-refractivity contribution in [1.82, 2.24) is 5.32 Å². The van der Waals surface area contributed by atoms with Crippen LogP contribution < -0.4 is 5.32 Å². The Kier molecular flexibility index (Phi) is 3.27. The van der Waals surface area contributed by atoms with Gasteiger partial charge in [0.25, 0.3) is 0 Å². The summed E-state index contributed by atoms with van der Waals surface area (Å²) in [5.74, 6) is 1.00. The number of rotatable bonds is 5. The Morgan fingerprint density at radius 1 is 1.60 bits per heavy atom. The average molecular weight is 205 g/mol. The molecule has 0 amide bonds. The molecule has 1 heterocycles. The van der Waals surface area contributed by atoms with Crippen LogP contribution >= 0.6 is 0 Å². The highest BCUT2D eigenvalue weighted by atomic mass is 16.3. The lowest BCUT2D eigenvalue weighted by atomic mass is 10.1. The monoisotopic (exact) mass is 205 g/mol. The molecule has 1 aromatic rings. The summed E-state index contributed by atoms with van der Waals surface area (Å²) in [6.07, 6.45) is 7.70. The molecule has 2 heteroatoms. The molecule has 2 nitrogen and oxygen atoms in total. The van der Waals surface area contributed by atoms with Crippen LogP contribution in [0, 0.1) is 6.92 Å². The van der Waals surface area contributed by atoms with E-state index in [9.17, 15) is 0 Å². The van der Waals surface area contributed by atoms with Crippen LogP contribution in [0.1, 0.15) is 37.5 Å². The maximum atomic E-state index is 5.41. The summed E-state index contributed by atoms with van der Waals surface area (Å²) in [5.41, 5.74) is 2.63. The molecule has 2 rings (SSSR count). The van der Waals surface area contributed by atoms with Crippen LogP contribution in [-0.2, 0) is 0 Å². The van der Waals surface area contributed by atoms with Gasteiger partial charge in [-0.2, -0.15) is 0 Å². The quantitative estimate of drug-likeness (QED) is 0.799. The van der Waals surface area contributed by atoms with E-state index in [0.717, 1.165) is 24.8 Å². The second-order valence-electron chi connectivity index (χ2n) is 4.28. The van der Waals surface area contributed by atoms with Crippen molar-refractivity contribution < 1.29 is 4.42 Å². The predicted octanol–water partition coefficient (Wildman–Crippen LogP) is 3.13. The van der Waals surface area contributed by atoms with E-state index < -0.39 is 0 Å². The van der Waals surface area contributed by atoms with Crippen molar-refractivity contribution in [2.45, 2.75) is 39.2 Å². The third-order valence-corrected chi connectivity index (χ3v) is 2.89. The molecule has 0 saturated heterocycles. The van der Waals surface area contributed by atoms with Gasteiger partial charge >= 0.3 is 0 Å². The highest BCUT2D eigenvalue weighted by Crippen LogP contribution is 2.20. The third kappa shape index (κ3) is 2.96. The van der Waals surface area contributed by atoms with E-state index in [1.54, 1.807) is 6.26 Å². The minimum absolute atomic E-state index is 0.776. The van der Waals surface area contributed by atoms with Crippen molar-refractivity contribution in [3.05, 3.63) is 29.2 Å². The molecule has 1 aromatic heterocycles. The van der Waals surface area contributed by atoms with E-state index >= 15 is 0 Å². The largest absolute Gasteiger partial charge is 0.465 e. The van der Waals surface area contributed by atoms with E-state index in [2.05, 4.69) is 25.2 Å². The molecule has 15 heavy (non-hydrogen) atoms. The number of aryl methyl sites for hydroxylation is 1. The summed E-state index contributed by atoms with van der Waals surface area (Å²) in [7, 11) is 0. The first-order chi connectivity index (χ1) is 7.29. The summed E-state index contributed by atoms with van der Waals surface area (Å²) in [5, 5.41) is 3.53. The van der Waals surface area contributed by atoms with Crippen molar-refractivity contribution >= 4 is 6.08 Å². The van der Waals surface area contributed by atoms with Crippen LogP contribution in [0.15, 0.2) is 22.3 Å². The number of furan rings is 1. The Morgan fingerprint density at radius 2 is 2.40 bits per heavy atom. The van der Waals surface area contributed by atoms with Gasteiger partial charge in [-0.25, -0.2) is 0 Å². The molecule has 0 unspecified atom stereocenters. The van der Waals surface area contributed by atoms with Crippen LogP contribution in [0.2, 0.25) is 0 Å². The van der Waals surface area contributed by atoms with Crippen molar-refractivity contribution in [3.8, 4) is 0 Å². The van der Waals surface area contributed by atoms with Crippen LogP contribution in [-0.4, -0.2) is 12.6 Å². The fraction of sp³-hybridized carbons (Fsp3) is 0.538. The second-order valence-corrected chi connectivity index (χ2v) is 4.28. The molecule has 82 valence electrons. The highest BCUT2D eigenvalue weighted by Gasteiger charge is 2.20. The van der Waals surface area contributed by atoms with Gasteiger partial charge in [-0.15, -0.1) is 0 Å². The molecule has 0 aliphatic heterocycles. The van der Waals surface area contributed by atoms with E-state index in [-0.39, 0.29) is 0 Å². The van der Waals surface area contributed by atoms with Crippen molar-refractivity contribution in [1.29, 1.82) is 0 Å². The minimum Gasteiger partial charge on any atom is -0.465 e. The molecule has 1 N–H and O–H groups in total. The molecule has 0 spiro atoms. The highest BCUT2D eigenvalue weighted by molar-refractivity contribution is 5.51. The van der Waals surface area contributed by atoms with Gasteiger partial charge in [0.05, 0.1) is 6.26 Å². The Balaban J connectivity index is 1.97. The predicted molar refractivity (Wildman–Crippen MR) is 62.7 cm³/mol. The van der Waals surface area contributed by atoms with Gasteiger partial charge in [0.1, 0.15) is 5.76 Å². The first kappa shape index (κ1) is 10.5. The molecule has 0 radical (unpaired) electrons. The molecule has 0 bridgehead atoms. The summed E-state index contributed by atoms with van der Waals surface area (Å²) < 4.78 is 5.41. The molecule has 1 saturated carbocycles. The Morgan fingerprint density at radius 3 is 2.93 bits per heavy atom. The van der Waals surface area contributed by atoms with Gasteiger partial charge < -0.3 is 9.73 Å². The van der Waals surface area contributed by atoms with E-state index in [0.29, 0.717) is 0 Å². The minimum atomic E-state index is 0.776. The zero-order valence-corrected chi connectivity index (χ0v) is 9.55. The van der Waals surface area contributed by atoms with Crippen molar-refractivity contribution in [3.63, 3.8) is 0 Å². The SMILES string of the molecule is CC/C(=C/c1occc1C)CNC1CC1. The van der Waals surface area contributed by atoms with Crippen LogP contribution in [0.5, 0.6) is 0 Å². The van der Waals surface area contributed by atoms with Gasteiger partial charge in [0.2, 0.25) is 0 Å². The summed E-state index contributed by atoms with van der Waals surface area (Å²) in [6.45, 7) is 5.27. The molecular formula is C13H19NO. The van der Waals surface area contributed by atoms with Crippen LogP contribution in [0.3, 0.4) is 0 Å². The number of hydrogen-bond donors (Lipinski definition) is 1. The zero-order chi connectivity index (χ0) is 10.7. The van der Waals surface area contributed by atoms with E-state index in [4.69, 9.17) is 4.42 Å². The Hall–Kier alpha value is -1.02. The first-order valence-electron chi connectivity index (χ1n) is 5.76. The molecule has 1 aliphatic rings. The lowest BCUT2D eigenvalue weighted by molar-refractivity contribution is 0.554. The van der Waals surface area contributed by atoms with Gasteiger partial charge in [-0.1, -0.05) is 12.5 Å². The third-order valence-electron chi connectivity index (χ3n) is 2.89. The number of hydrogen-bond acceptors (Lipinski definition) is 2. The second kappa shape index (κ2) is 4.67. The molecule has 1 aliphatic carbocycles. The Bertz CT molecular complexity index is 347. The summed E-state index contributed by atoms with van der Waals surface area (Å²) in [4.78, 5) is 0. The van der Waals surface area contributed by atoms with Crippen molar-refractivity contribution in [2.24, 2.45) is 0 Å². The maximum Gasteiger partial charge on any atom is 0.129 e. The maximum absolute atomic E-state index is 5.41. The normalized spacial score (nSPS) is 17.1. The zero-order valence-electron chi connectivity index (χ0n) is 9.55. The Labute approximate surface area is 91.4 Å². The van der Waals surface area contributed by atoms with E-state index in [1.165, 1.54) is 24.0 Å². The molecule has 1 fully saturated rings. The van der Waals surface area contributed by atoms with E-state index in [1.807, 2.05) is 6.07 Å². The summed E-state index contributed by atoms with van der Waals surface area (Å²) >= 11 is 0. The van der Waals surface area contributed by atoms with Crippen molar-refractivity contribution in [2.75, 3.05) is 6.54 Å². The van der Waals surface area contributed by atoms with Crippen LogP contribution in [0.4, 0.5) is 0 Å². The number of nitrogens with one attached hydrogen (secondary N) is 1. The van der Waals surface area contributed by atoms with Gasteiger partial charge in [0.15, 0.2) is 0 Å². The smallest absolute Gasteiger partial charge is 0.129 e.